The van der Waals surface area contributed by atoms with Gasteiger partial charge in [-0.1, -0.05) is 18.5 Å². The number of carbonyl (C=O) groups excluding carboxylic acids is 2. The smallest absolute Gasteiger partial charge is 0.279 e. The van der Waals surface area contributed by atoms with E-state index in [1.807, 2.05) is 18.2 Å². The predicted octanol–water partition coefficient (Wildman–Crippen LogP) is 4.36. The first-order valence-corrected chi connectivity index (χ1v) is 9.24. The number of amides is 2. The largest absolute Gasteiger partial charge is 0.300 e. The predicted molar refractivity (Wildman–Crippen MR) is 101 cm³/mol. The van der Waals surface area contributed by atoms with Gasteiger partial charge in [0.25, 0.3) is 11.8 Å². The van der Waals surface area contributed by atoms with Crippen molar-refractivity contribution < 1.29 is 9.59 Å². The van der Waals surface area contributed by atoms with Crippen LogP contribution in [0.25, 0.3) is 6.08 Å². The summed E-state index contributed by atoms with van der Waals surface area (Å²) < 4.78 is 0. The number of thiophene rings is 1. The molecule has 4 nitrogen and oxygen atoms in total. The number of hydrogen-bond donors (Lipinski definition) is 1. The summed E-state index contributed by atoms with van der Waals surface area (Å²) in [5.74, 6) is -0.658. The molecule has 0 spiro atoms. The summed E-state index contributed by atoms with van der Waals surface area (Å²) in [5.41, 5.74) is 0.421. The van der Waals surface area contributed by atoms with Crippen LogP contribution in [0.2, 0.25) is 5.02 Å². The number of halogens is 1. The van der Waals surface area contributed by atoms with E-state index in [1.54, 1.807) is 35.6 Å². The summed E-state index contributed by atoms with van der Waals surface area (Å²) in [6, 6.07) is 10.5. The molecule has 0 saturated carbocycles. The minimum Gasteiger partial charge on any atom is -0.300 e. The van der Waals surface area contributed by atoms with Crippen LogP contribution in [0.4, 0.5) is 0 Å². The third-order valence-electron chi connectivity index (χ3n) is 3.25. The molecule has 0 unspecified atom stereocenters. The van der Waals surface area contributed by atoms with E-state index in [9.17, 15) is 9.59 Å². The number of amidine groups is 1. The van der Waals surface area contributed by atoms with Crippen molar-refractivity contribution in [2.45, 2.75) is 13.3 Å². The van der Waals surface area contributed by atoms with Crippen molar-refractivity contribution in [2.24, 2.45) is 4.99 Å². The lowest BCUT2D eigenvalue weighted by Gasteiger charge is -1.97. The van der Waals surface area contributed by atoms with E-state index in [-0.39, 0.29) is 5.91 Å². The number of nitrogens with zero attached hydrogens (tertiary/aromatic N) is 1. The Morgan fingerprint density at radius 3 is 2.67 bits per heavy atom. The van der Waals surface area contributed by atoms with Gasteiger partial charge in [-0.25, -0.2) is 0 Å². The van der Waals surface area contributed by atoms with Gasteiger partial charge in [-0.2, -0.15) is 4.99 Å². The fourth-order valence-corrected chi connectivity index (χ4v) is 3.93. The standard InChI is InChI=1S/C17H13ClN2O2S2/c1-2-12-7-8-13(23-12)9-14-16(22)20-17(24-14)19-15(21)10-3-5-11(18)6-4-10/h3-9H,2H2,1H3,(H,19,20,21,22)/b14-9-. The van der Waals surface area contributed by atoms with Gasteiger partial charge in [0.2, 0.25) is 0 Å². The van der Waals surface area contributed by atoms with Crippen LogP contribution in [0.5, 0.6) is 0 Å². The minimum absolute atomic E-state index is 0.242. The molecule has 24 heavy (non-hydrogen) atoms. The Morgan fingerprint density at radius 1 is 1.25 bits per heavy atom. The lowest BCUT2D eigenvalue weighted by molar-refractivity contribution is -0.115. The molecule has 0 atom stereocenters. The van der Waals surface area contributed by atoms with Gasteiger partial charge in [0.1, 0.15) is 0 Å². The van der Waals surface area contributed by atoms with Gasteiger partial charge in [0, 0.05) is 20.3 Å². The van der Waals surface area contributed by atoms with E-state index in [4.69, 9.17) is 11.6 Å². The maximum atomic E-state index is 12.1. The molecule has 1 aromatic heterocycles. The summed E-state index contributed by atoms with van der Waals surface area (Å²) in [6.07, 6.45) is 2.79. The molecule has 3 rings (SSSR count). The van der Waals surface area contributed by atoms with Crippen molar-refractivity contribution in [2.75, 3.05) is 0 Å². The molecular formula is C17H13ClN2O2S2. The maximum absolute atomic E-state index is 12.1. The molecule has 1 N–H and O–H groups in total. The number of thioether (sulfide) groups is 1. The van der Waals surface area contributed by atoms with Crippen LogP contribution in [0, 0.1) is 0 Å². The fourth-order valence-electron chi connectivity index (χ4n) is 2.02. The maximum Gasteiger partial charge on any atom is 0.279 e. The average molecular weight is 377 g/mol. The number of carbonyl (C=O) groups is 2. The van der Waals surface area contributed by atoms with Crippen LogP contribution < -0.4 is 5.32 Å². The second kappa shape index (κ2) is 7.34. The lowest BCUT2D eigenvalue weighted by Crippen LogP contribution is -2.20. The third kappa shape index (κ3) is 3.95. The first-order chi connectivity index (χ1) is 11.5. The van der Waals surface area contributed by atoms with Crippen LogP contribution >= 0.6 is 34.7 Å². The first kappa shape index (κ1) is 17.0. The highest BCUT2D eigenvalue weighted by molar-refractivity contribution is 8.18. The van der Waals surface area contributed by atoms with Crippen LogP contribution in [0.1, 0.15) is 27.0 Å². The van der Waals surface area contributed by atoms with Crippen LogP contribution in [-0.2, 0) is 11.2 Å². The Morgan fingerprint density at radius 2 is 2.00 bits per heavy atom. The van der Waals surface area contributed by atoms with Crippen molar-refractivity contribution in [1.29, 1.82) is 0 Å². The Balaban J connectivity index is 1.76. The van der Waals surface area contributed by atoms with Crippen LogP contribution in [0.3, 0.4) is 0 Å². The van der Waals surface area contributed by atoms with Crippen LogP contribution in [0.15, 0.2) is 46.3 Å². The van der Waals surface area contributed by atoms with E-state index in [1.165, 1.54) is 16.6 Å². The van der Waals surface area contributed by atoms with Crippen molar-refractivity contribution in [3.05, 3.63) is 61.6 Å². The highest BCUT2D eigenvalue weighted by atomic mass is 35.5. The molecule has 1 aliphatic rings. The first-order valence-electron chi connectivity index (χ1n) is 7.23. The van der Waals surface area contributed by atoms with E-state index in [0.29, 0.717) is 20.7 Å². The van der Waals surface area contributed by atoms with Gasteiger partial charge in [-0.05, 0) is 60.7 Å². The van der Waals surface area contributed by atoms with E-state index in [0.717, 1.165) is 11.3 Å². The van der Waals surface area contributed by atoms with Crippen molar-refractivity contribution in [3.8, 4) is 0 Å². The normalized spacial score (nSPS) is 17.5. The summed E-state index contributed by atoms with van der Waals surface area (Å²) in [5, 5.41) is 3.46. The third-order valence-corrected chi connectivity index (χ3v) is 5.59. The Hall–Kier alpha value is -1.89. The summed E-state index contributed by atoms with van der Waals surface area (Å²) in [7, 11) is 0. The number of hydrogen-bond acceptors (Lipinski definition) is 4. The van der Waals surface area contributed by atoms with Gasteiger partial charge >= 0.3 is 0 Å². The molecule has 2 aromatic rings. The number of aryl methyl sites for hydroxylation is 1. The minimum atomic E-state index is -0.417. The molecule has 0 aliphatic carbocycles. The molecule has 2 heterocycles. The topological polar surface area (TPSA) is 58.5 Å². The summed E-state index contributed by atoms with van der Waals surface area (Å²) >= 11 is 8.61. The van der Waals surface area contributed by atoms with Gasteiger partial charge in [0.05, 0.1) is 4.91 Å². The highest BCUT2D eigenvalue weighted by Gasteiger charge is 2.25. The Bertz CT molecular complexity index is 854. The lowest BCUT2D eigenvalue weighted by atomic mass is 10.2. The highest BCUT2D eigenvalue weighted by Crippen LogP contribution is 2.29. The van der Waals surface area contributed by atoms with E-state index >= 15 is 0 Å². The van der Waals surface area contributed by atoms with Crippen molar-refractivity contribution in [1.82, 2.24) is 5.32 Å². The zero-order chi connectivity index (χ0) is 17.1. The number of benzene rings is 1. The van der Waals surface area contributed by atoms with Crippen molar-refractivity contribution in [3.63, 3.8) is 0 Å². The molecule has 1 aliphatic heterocycles. The molecule has 0 radical (unpaired) electrons. The van der Waals surface area contributed by atoms with Gasteiger partial charge < -0.3 is 5.32 Å². The molecule has 122 valence electrons. The Labute approximate surface area is 152 Å². The molecule has 2 amide bonds. The van der Waals surface area contributed by atoms with Crippen LogP contribution in [-0.4, -0.2) is 17.0 Å². The Kier molecular flexibility index (Phi) is 5.18. The average Bonchev–Trinajstić information content (AvgIpc) is 3.15. The van der Waals surface area contributed by atoms with Gasteiger partial charge in [-0.3, -0.25) is 9.59 Å². The summed E-state index contributed by atoms with van der Waals surface area (Å²) in [6.45, 7) is 2.09. The van der Waals surface area contributed by atoms with Crippen molar-refractivity contribution >= 4 is 57.8 Å². The number of aliphatic imine (C=N–C) groups is 1. The molecule has 1 fully saturated rings. The fraction of sp³-hybridized carbons (Fsp3) is 0.118. The molecule has 7 heteroatoms. The molecule has 0 bridgehead atoms. The molecule has 1 saturated heterocycles. The monoisotopic (exact) mass is 376 g/mol. The SMILES string of the molecule is CCc1ccc(/C=C2\SC(=NC(=O)c3ccc(Cl)cc3)NC2=O)s1. The molecule has 1 aromatic carbocycles. The zero-order valence-electron chi connectivity index (χ0n) is 12.7. The number of rotatable bonds is 3. The summed E-state index contributed by atoms with van der Waals surface area (Å²) in [4.78, 5) is 30.9. The second-order valence-electron chi connectivity index (χ2n) is 4.95. The second-order valence-corrected chi connectivity index (χ2v) is 7.62. The van der Waals surface area contributed by atoms with Gasteiger partial charge in [0.15, 0.2) is 5.17 Å². The zero-order valence-corrected chi connectivity index (χ0v) is 15.1. The quantitative estimate of drug-likeness (QED) is 0.809. The van der Waals surface area contributed by atoms with Gasteiger partial charge in [-0.15, -0.1) is 11.3 Å². The van der Waals surface area contributed by atoms with E-state index < -0.39 is 5.91 Å². The number of nitrogens with one attached hydrogen (secondary N) is 1. The molecular weight excluding hydrogens is 364 g/mol. The van der Waals surface area contributed by atoms with E-state index in [2.05, 4.69) is 17.2 Å².